The van der Waals surface area contributed by atoms with Crippen LogP contribution in [0.5, 0.6) is 5.75 Å². The quantitative estimate of drug-likeness (QED) is 0.876. The van der Waals surface area contributed by atoms with Crippen LogP contribution in [0.2, 0.25) is 0 Å². The Bertz CT molecular complexity index is 558. The van der Waals surface area contributed by atoms with Crippen molar-refractivity contribution in [3.8, 4) is 17.0 Å². The van der Waals surface area contributed by atoms with Crippen LogP contribution in [0.1, 0.15) is 32.5 Å². The molecular formula is C16H23N3O. The number of aromatic nitrogens is 2. The molecule has 1 heterocycles. The average molecular weight is 273 g/mol. The average Bonchev–Trinajstić information content (AvgIpc) is 2.81. The Morgan fingerprint density at radius 2 is 1.90 bits per heavy atom. The molecule has 2 rings (SSSR count). The van der Waals surface area contributed by atoms with Gasteiger partial charge in [-0.05, 0) is 30.7 Å². The van der Waals surface area contributed by atoms with Crippen molar-refractivity contribution in [2.45, 2.75) is 39.7 Å². The monoisotopic (exact) mass is 273 g/mol. The number of hydrogen-bond acceptors (Lipinski definition) is 3. The number of hydrogen-bond donors (Lipinski definition) is 1. The predicted molar refractivity (Wildman–Crippen MR) is 82.9 cm³/mol. The van der Waals surface area contributed by atoms with Gasteiger partial charge in [-0.3, -0.25) is 0 Å². The Hall–Kier alpha value is -1.97. The van der Waals surface area contributed by atoms with Crippen LogP contribution in [-0.2, 0) is 13.0 Å². The minimum absolute atomic E-state index is 0.764. The van der Waals surface area contributed by atoms with Crippen molar-refractivity contribution in [1.82, 2.24) is 9.55 Å². The highest BCUT2D eigenvalue weighted by Crippen LogP contribution is 2.28. The first-order valence-electron chi connectivity index (χ1n) is 7.20. The zero-order chi connectivity index (χ0) is 14.5. The summed E-state index contributed by atoms with van der Waals surface area (Å²) in [6, 6.07) is 7.87. The van der Waals surface area contributed by atoms with Crippen molar-refractivity contribution < 1.29 is 4.74 Å². The van der Waals surface area contributed by atoms with E-state index in [9.17, 15) is 0 Å². The molecule has 108 valence electrons. The lowest BCUT2D eigenvalue weighted by atomic mass is 10.1. The fourth-order valence-corrected chi connectivity index (χ4v) is 2.31. The second kappa shape index (κ2) is 6.46. The maximum absolute atomic E-state index is 6.29. The van der Waals surface area contributed by atoms with Crippen molar-refractivity contribution in [2.75, 3.05) is 12.8 Å². The second-order valence-electron chi connectivity index (χ2n) is 4.85. The van der Waals surface area contributed by atoms with Gasteiger partial charge < -0.3 is 15.0 Å². The highest BCUT2D eigenvalue weighted by molar-refractivity contribution is 5.71. The molecular weight excluding hydrogens is 250 g/mol. The van der Waals surface area contributed by atoms with Crippen LogP contribution in [-0.4, -0.2) is 16.7 Å². The lowest BCUT2D eigenvalue weighted by Crippen LogP contribution is -2.06. The second-order valence-corrected chi connectivity index (χ2v) is 4.85. The molecule has 0 amide bonds. The van der Waals surface area contributed by atoms with Gasteiger partial charge in [-0.2, -0.15) is 0 Å². The van der Waals surface area contributed by atoms with Gasteiger partial charge in [0.1, 0.15) is 23.1 Å². The summed E-state index contributed by atoms with van der Waals surface area (Å²) in [4.78, 5) is 4.70. The van der Waals surface area contributed by atoms with Gasteiger partial charge in [-0.1, -0.05) is 20.3 Å². The third kappa shape index (κ3) is 2.79. The molecule has 2 aromatic rings. The molecule has 0 aliphatic rings. The number of nitrogens with zero attached hydrogens (tertiary/aromatic N) is 2. The minimum Gasteiger partial charge on any atom is -0.497 e. The minimum atomic E-state index is 0.764. The molecule has 0 fully saturated rings. The predicted octanol–water partition coefficient (Wildman–Crippen LogP) is 3.50. The molecule has 1 aromatic carbocycles. The Morgan fingerprint density at radius 1 is 1.20 bits per heavy atom. The molecule has 0 unspecified atom stereocenters. The van der Waals surface area contributed by atoms with E-state index in [4.69, 9.17) is 15.5 Å². The van der Waals surface area contributed by atoms with Crippen molar-refractivity contribution >= 4 is 5.82 Å². The molecule has 0 atom stereocenters. The molecule has 0 bridgehead atoms. The van der Waals surface area contributed by atoms with Crippen molar-refractivity contribution in [3.63, 3.8) is 0 Å². The van der Waals surface area contributed by atoms with Crippen LogP contribution in [0.3, 0.4) is 0 Å². The fraction of sp³-hybridized carbons (Fsp3) is 0.438. The van der Waals surface area contributed by atoms with Gasteiger partial charge in [0, 0.05) is 18.5 Å². The van der Waals surface area contributed by atoms with Gasteiger partial charge in [0.2, 0.25) is 0 Å². The van der Waals surface area contributed by atoms with Crippen LogP contribution in [0.4, 0.5) is 5.82 Å². The summed E-state index contributed by atoms with van der Waals surface area (Å²) in [5.74, 6) is 2.66. The third-order valence-electron chi connectivity index (χ3n) is 3.50. The number of nitrogen functional groups attached to an aromatic ring is 1. The number of imidazole rings is 1. The number of rotatable bonds is 6. The summed E-state index contributed by atoms with van der Waals surface area (Å²) in [5.41, 5.74) is 8.20. The normalized spacial score (nSPS) is 10.8. The molecule has 0 aliphatic heterocycles. The number of anilines is 1. The summed E-state index contributed by atoms with van der Waals surface area (Å²) in [6.07, 6.45) is 3.17. The first-order chi connectivity index (χ1) is 9.71. The standard InChI is InChI=1S/C16H23N3O/c1-4-6-11-19-14(5-2)18-15(16(19)17)12-7-9-13(20-3)10-8-12/h7-10H,4-6,11,17H2,1-3H3. The molecule has 0 spiro atoms. The Kier molecular flexibility index (Phi) is 4.66. The Balaban J connectivity index is 2.37. The molecule has 2 N–H and O–H groups in total. The van der Waals surface area contributed by atoms with Crippen LogP contribution in [0, 0.1) is 0 Å². The van der Waals surface area contributed by atoms with Gasteiger partial charge in [-0.25, -0.2) is 4.98 Å². The highest BCUT2D eigenvalue weighted by Gasteiger charge is 2.14. The van der Waals surface area contributed by atoms with Crippen LogP contribution in [0.25, 0.3) is 11.3 Å². The van der Waals surface area contributed by atoms with E-state index in [1.807, 2.05) is 24.3 Å². The summed E-state index contributed by atoms with van der Waals surface area (Å²) >= 11 is 0. The lowest BCUT2D eigenvalue weighted by Gasteiger charge is -2.08. The first-order valence-corrected chi connectivity index (χ1v) is 7.20. The molecule has 4 heteroatoms. The molecule has 4 nitrogen and oxygen atoms in total. The largest absolute Gasteiger partial charge is 0.497 e. The maximum Gasteiger partial charge on any atom is 0.131 e. The Labute approximate surface area is 120 Å². The summed E-state index contributed by atoms with van der Waals surface area (Å²) in [7, 11) is 1.66. The van der Waals surface area contributed by atoms with E-state index in [0.717, 1.165) is 54.5 Å². The molecule has 0 aliphatic carbocycles. The fourth-order valence-electron chi connectivity index (χ4n) is 2.31. The SMILES string of the molecule is CCCCn1c(CC)nc(-c2ccc(OC)cc2)c1N. The van der Waals surface area contributed by atoms with Crippen molar-refractivity contribution in [1.29, 1.82) is 0 Å². The van der Waals surface area contributed by atoms with Crippen molar-refractivity contribution in [3.05, 3.63) is 30.1 Å². The molecule has 0 radical (unpaired) electrons. The van der Waals surface area contributed by atoms with E-state index in [0.29, 0.717) is 0 Å². The topological polar surface area (TPSA) is 53.1 Å². The number of methoxy groups -OCH3 is 1. The zero-order valence-electron chi connectivity index (χ0n) is 12.5. The molecule has 20 heavy (non-hydrogen) atoms. The number of benzene rings is 1. The van der Waals surface area contributed by atoms with Crippen molar-refractivity contribution in [2.24, 2.45) is 0 Å². The van der Waals surface area contributed by atoms with Crippen LogP contribution >= 0.6 is 0 Å². The summed E-state index contributed by atoms with van der Waals surface area (Å²) < 4.78 is 7.32. The van der Waals surface area contributed by atoms with E-state index in [-0.39, 0.29) is 0 Å². The first kappa shape index (κ1) is 14.4. The van der Waals surface area contributed by atoms with E-state index < -0.39 is 0 Å². The number of nitrogens with two attached hydrogens (primary N) is 1. The maximum atomic E-state index is 6.29. The van der Waals surface area contributed by atoms with E-state index >= 15 is 0 Å². The number of aryl methyl sites for hydroxylation is 1. The molecule has 0 saturated heterocycles. The molecule has 0 saturated carbocycles. The van der Waals surface area contributed by atoms with E-state index in [2.05, 4.69) is 18.4 Å². The van der Waals surface area contributed by atoms with E-state index in [1.165, 1.54) is 0 Å². The number of unbranched alkanes of at least 4 members (excludes halogenated alkanes) is 1. The van der Waals surface area contributed by atoms with Gasteiger partial charge in [0.25, 0.3) is 0 Å². The van der Waals surface area contributed by atoms with Gasteiger partial charge in [0.15, 0.2) is 0 Å². The smallest absolute Gasteiger partial charge is 0.131 e. The van der Waals surface area contributed by atoms with Crippen LogP contribution in [0.15, 0.2) is 24.3 Å². The third-order valence-corrected chi connectivity index (χ3v) is 3.50. The van der Waals surface area contributed by atoms with Crippen LogP contribution < -0.4 is 10.5 Å². The van der Waals surface area contributed by atoms with Gasteiger partial charge in [0.05, 0.1) is 7.11 Å². The van der Waals surface area contributed by atoms with E-state index in [1.54, 1.807) is 7.11 Å². The highest BCUT2D eigenvalue weighted by atomic mass is 16.5. The summed E-state index contributed by atoms with van der Waals surface area (Å²) in [5, 5.41) is 0. The van der Waals surface area contributed by atoms with Gasteiger partial charge in [-0.15, -0.1) is 0 Å². The zero-order valence-corrected chi connectivity index (χ0v) is 12.5. The van der Waals surface area contributed by atoms with Gasteiger partial charge >= 0.3 is 0 Å². The summed E-state index contributed by atoms with van der Waals surface area (Å²) in [6.45, 7) is 5.24. The lowest BCUT2D eigenvalue weighted by molar-refractivity contribution is 0.415. The Morgan fingerprint density at radius 3 is 2.45 bits per heavy atom. The number of ether oxygens (including phenoxy) is 1. The molecule has 1 aromatic heterocycles.